The Labute approximate surface area is 83.8 Å². The molecule has 2 nitrogen and oxygen atoms in total. The molecule has 0 aliphatic rings. The second-order valence-electron chi connectivity index (χ2n) is 3.73. The first kappa shape index (κ1) is 11.1. The number of hydrogen-bond donors (Lipinski definition) is 2. The van der Waals surface area contributed by atoms with E-state index in [9.17, 15) is 9.50 Å². The first-order chi connectivity index (χ1) is 6.64. The molecule has 1 aromatic rings. The maximum atomic E-state index is 13.5. The van der Waals surface area contributed by atoms with Crippen LogP contribution in [-0.4, -0.2) is 25.3 Å². The Bertz CT molecular complexity index is 303. The number of likely N-dealkylation sites (N-methyl/N-ethyl adjacent to an activating group) is 1. The Morgan fingerprint density at radius 3 is 2.57 bits per heavy atom. The smallest absolute Gasteiger partial charge is 0.127 e. The average molecular weight is 197 g/mol. The van der Waals surface area contributed by atoms with Crippen LogP contribution in [0.5, 0.6) is 0 Å². The molecule has 78 valence electrons. The monoisotopic (exact) mass is 197 g/mol. The van der Waals surface area contributed by atoms with Crippen molar-refractivity contribution in [2.45, 2.75) is 12.3 Å². The highest BCUT2D eigenvalue weighted by atomic mass is 19.1. The van der Waals surface area contributed by atoms with Gasteiger partial charge < -0.3 is 10.4 Å². The minimum atomic E-state index is -0.555. The maximum absolute atomic E-state index is 13.5. The lowest BCUT2D eigenvalue weighted by Crippen LogP contribution is -2.38. The van der Waals surface area contributed by atoms with Crippen molar-refractivity contribution in [3.63, 3.8) is 0 Å². The molecule has 0 saturated heterocycles. The summed E-state index contributed by atoms with van der Waals surface area (Å²) in [5.41, 5.74) is -0.00282. The van der Waals surface area contributed by atoms with Gasteiger partial charge in [0.15, 0.2) is 0 Å². The van der Waals surface area contributed by atoms with Crippen LogP contribution in [0.1, 0.15) is 12.5 Å². The summed E-state index contributed by atoms with van der Waals surface area (Å²) in [6.07, 6.45) is 0. The van der Waals surface area contributed by atoms with Crippen LogP contribution < -0.4 is 5.32 Å². The topological polar surface area (TPSA) is 32.3 Å². The van der Waals surface area contributed by atoms with E-state index < -0.39 is 5.41 Å². The predicted octanol–water partition coefficient (Wildman–Crippen LogP) is 1.30. The molecule has 0 aliphatic heterocycles. The molecule has 14 heavy (non-hydrogen) atoms. The van der Waals surface area contributed by atoms with E-state index in [1.807, 2.05) is 6.92 Å². The highest BCUT2D eigenvalue weighted by Crippen LogP contribution is 2.24. The molecule has 0 radical (unpaired) electrons. The number of aliphatic hydroxyl groups excluding tert-OH is 1. The minimum Gasteiger partial charge on any atom is -0.395 e. The summed E-state index contributed by atoms with van der Waals surface area (Å²) in [4.78, 5) is 0. The van der Waals surface area contributed by atoms with Crippen molar-refractivity contribution in [2.24, 2.45) is 0 Å². The number of aliphatic hydroxyl groups is 1. The summed E-state index contributed by atoms with van der Waals surface area (Å²) in [5.74, 6) is -0.265. The SMILES string of the molecule is CNCC(C)(CO)c1ccccc1F. The summed E-state index contributed by atoms with van der Waals surface area (Å²) in [5, 5.41) is 12.2. The molecular weight excluding hydrogens is 181 g/mol. The van der Waals surface area contributed by atoms with E-state index in [-0.39, 0.29) is 12.4 Å². The molecule has 3 heteroatoms. The number of rotatable bonds is 4. The molecule has 0 aromatic heterocycles. The standard InChI is InChI=1S/C11H16FNO/c1-11(8-14,7-13-2)9-5-3-4-6-10(9)12/h3-6,13-14H,7-8H2,1-2H3. The van der Waals surface area contributed by atoms with E-state index in [2.05, 4.69) is 5.32 Å². The maximum Gasteiger partial charge on any atom is 0.127 e. The molecular formula is C11H16FNO. The third-order valence-corrected chi connectivity index (χ3v) is 2.44. The molecule has 1 unspecified atom stereocenters. The summed E-state index contributed by atoms with van der Waals surface area (Å²) in [6, 6.07) is 6.56. The molecule has 0 heterocycles. The highest BCUT2D eigenvalue weighted by molar-refractivity contribution is 5.26. The molecule has 0 fully saturated rings. The lowest BCUT2D eigenvalue weighted by molar-refractivity contribution is 0.200. The van der Waals surface area contributed by atoms with E-state index in [4.69, 9.17) is 0 Å². The van der Waals surface area contributed by atoms with E-state index in [0.29, 0.717) is 12.1 Å². The van der Waals surface area contributed by atoms with Gasteiger partial charge in [-0.25, -0.2) is 4.39 Å². The fourth-order valence-corrected chi connectivity index (χ4v) is 1.58. The zero-order chi connectivity index (χ0) is 10.6. The Morgan fingerprint density at radius 1 is 1.43 bits per heavy atom. The molecule has 2 N–H and O–H groups in total. The third-order valence-electron chi connectivity index (χ3n) is 2.44. The van der Waals surface area contributed by atoms with Gasteiger partial charge in [-0.2, -0.15) is 0 Å². The molecule has 0 spiro atoms. The first-order valence-electron chi connectivity index (χ1n) is 4.64. The van der Waals surface area contributed by atoms with Crippen molar-refractivity contribution in [1.82, 2.24) is 5.32 Å². The lowest BCUT2D eigenvalue weighted by atomic mass is 9.83. The van der Waals surface area contributed by atoms with Gasteiger partial charge in [-0.1, -0.05) is 25.1 Å². The van der Waals surface area contributed by atoms with Crippen molar-refractivity contribution in [3.8, 4) is 0 Å². The molecule has 0 amide bonds. The molecule has 1 rings (SSSR count). The largest absolute Gasteiger partial charge is 0.395 e. The van der Waals surface area contributed by atoms with Crippen LogP contribution in [0.3, 0.4) is 0 Å². The third kappa shape index (κ3) is 2.11. The van der Waals surface area contributed by atoms with Gasteiger partial charge >= 0.3 is 0 Å². The fraction of sp³-hybridized carbons (Fsp3) is 0.455. The van der Waals surface area contributed by atoms with Crippen LogP contribution in [-0.2, 0) is 5.41 Å². The van der Waals surface area contributed by atoms with Crippen LogP contribution in [0, 0.1) is 5.82 Å². The molecule has 0 bridgehead atoms. The Hall–Kier alpha value is -0.930. The minimum absolute atomic E-state index is 0.0746. The second kappa shape index (κ2) is 4.53. The van der Waals surface area contributed by atoms with Crippen molar-refractivity contribution in [1.29, 1.82) is 0 Å². The average Bonchev–Trinajstić information content (AvgIpc) is 2.18. The Kier molecular flexibility index (Phi) is 3.61. The van der Waals surface area contributed by atoms with Crippen LogP contribution in [0.15, 0.2) is 24.3 Å². The van der Waals surface area contributed by atoms with E-state index >= 15 is 0 Å². The summed E-state index contributed by atoms with van der Waals surface area (Å²) in [6.45, 7) is 2.31. The van der Waals surface area contributed by atoms with Crippen molar-refractivity contribution >= 4 is 0 Å². The molecule has 1 aromatic carbocycles. The molecule has 0 aliphatic carbocycles. The van der Waals surface area contributed by atoms with Crippen molar-refractivity contribution < 1.29 is 9.50 Å². The van der Waals surface area contributed by atoms with Crippen LogP contribution in [0.25, 0.3) is 0 Å². The Balaban J connectivity index is 3.05. The van der Waals surface area contributed by atoms with Gasteiger partial charge in [0.05, 0.1) is 6.61 Å². The number of halogens is 1. The van der Waals surface area contributed by atoms with Crippen molar-refractivity contribution in [2.75, 3.05) is 20.2 Å². The van der Waals surface area contributed by atoms with Gasteiger partial charge in [0.25, 0.3) is 0 Å². The Morgan fingerprint density at radius 2 is 2.07 bits per heavy atom. The summed E-state index contributed by atoms with van der Waals surface area (Å²) in [7, 11) is 1.79. The summed E-state index contributed by atoms with van der Waals surface area (Å²) >= 11 is 0. The normalized spacial score (nSPS) is 15.1. The van der Waals surface area contributed by atoms with Gasteiger partial charge in [-0.05, 0) is 18.7 Å². The van der Waals surface area contributed by atoms with Gasteiger partial charge in [-0.15, -0.1) is 0 Å². The number of nitrogens with one attached hydrogen (secondary N) is 1. The zero-order valence-corrected chi connectivity index (χ0v) is 8.55. The quantitative estimate of drug-likeness (QED) is 0.762. The van der Waals surface area contributed by atoms with Crippen LogP contribution in [0.2, 0.25) is 0 Å². The van der Waals surface area contributed by atoms with Gasteiger partial charge in [0, 0.05) is 12.0 Å². The van der Waals surface area contributed by atoms with Crippen LogP contribution in [0.4, 0.5) is 4.39 Å². The summed E-state index contributed by atoms with van der Waals surface area (Å²) < 4.78 is 13.5. The van der Waals surface area contributed by atoms with Gasteiger partial charge in [0.1, 0.15) is 5.82 Å². The van der Waals surface area contributed by atoms with Gasteiger partial charge in [-0.3, -0.25) is 0 Å². The second-order valence-corrected chi connectivity index (χ2v) is 3.73. The number of benzene rings is 1. The zero-order valence-electron chi connectivity index (χ0n) is 8.55. The van der Waals surface area contributed by atoms with Crippen LogP contribution >= 0.6 is 0 Å². The lowest BCUT2D eigenvalue weighted by Gasteiger charge is -2.27. The highest BCUT2D eigenvalue weighted by Gasteiger charge is 2.27. The number of hydrogen-bond acceptors (Lipinski definition) is 2. The first-order valence-corrected chi connectivity index (χ1v) is 4.64. The van der Waals surface area contributed by atoms with Crippen molar-refractivity contribution in [3.05, 3.63) is 35.6 Å². The van der Waals surface area contributed by atoms with E-state index in [0.717, 1.165) is 0 Å². The van der Waals surface area contributed by atoms with E-state index in [1.54, 1.807) is 25.2 Å². The predicted molar refractivity (Wildman–Crippen MR) is 54.8 cm³/mol. The fourth-order valence-electron chi connectivity index (χ4n) is 1.58. The molecule has 0 saturated carbocycles. The van der Waals surface area contributed by atoms with E-state index in [1.165, 1.54) is 6.07 Å². The molecule has 1 atom stereocenters. The van der Waals surface area contributed by atoms with Gasteiger partial charge in [0.2, 0.25) is 0 Å².